The van der Waals surface area contributed by atoms with Crippen LogP contribution < -0.4 is 17.2 Å². The van der Waals surface area contributed by atoms with Crippen molar-refractivity contribution in [2.24, 2.45) is 27.2 Å². The summed E-state index contributed by atoms with van der Waals surface area (Å²) >= 11 is 0. The molecule has 0 radical (unpaired) electrons. The standard InChI is InChI=1S/C14H13N7O2/c15-13(16)19-14(17)18-9-5-3-8(4-6-9)11-20-21-12(23-11)10-2-1-7-22-10/h1-7H,(H6,15,16,17,18,19). The molecule has 0 saturated carbocycles. The molecular weight excluding hydrogens is 298 g/mol. The molecule has 2 aromatic heterocycles. The van der Waals surface area contributed by atoms with Crippen LogP contribution in [0.4, 0.5) is 5.69 Å². The molecule has 0 bridgehead atoms. The molecule has 1 aromatic carbocycles. The Balaban J connectivity index is 1.81. The fourth-order valence-corrected chi connectivity index (χ4v) is 1.81. The smallest absolute Gasteiger partial charge is 0.283 e. The minimum atomic E-state index is -0.154. The molecule has 0 atom stereocenters. The summed E-state index contributed by atoms with van der Waals surface area (Å²) in [6.07, 6.45) is 1.53. The highest BCUT2D eigenvalue weighted by Crippen LogP contribution is 2.25. The first-order valence-corrected chi connectivity index (χ1v) is 6.53. The molecule has 9 nitrogen and oxygen atoms in total. The van der Waals surface area contributed by atoms with Gasteiger partial charge in [0.1, 0.15) is 0 Å². The van der Waals surface area contributed by atoms with Crippen LogP contribution in [0.1, 0.15) is 0 Å². The average Bonchev–Trinajstić information content (AvgIpc) is 3.18. The van der Waals surface area contributed by atoms with Gasteiger partial charge in [0.15, 0.2) is 11.7 Å². The summed E-state index contributed by atoms with van der Waals surface area (Å²) in [4.78, 5) is 7.68. The van der Waals surface area contributed by atoms with Crippen LogP contribution in [0.25, 0.3) is 23.1 Å². The number of rotatable bonds is 3. The molecule has 0 saturated heterocycles. The second kappa shape index (κ2) is 6.02. The number of hydrogen-bond acceptors (Lipinski definition) is 5. The Hall–Kier alpha value is -3.62. The zero-order valence-electron chi connectivity index (χ0n) is 11.9. The second-order valence-corrected chi connectivity index (χ2v) is 4.44. The third-order valence-electron chi connectivity index (χ3n) is 2.76. The summed E-state index contributed by atoms with van der Waals surface area (Å²) in [7, 11) is 0. The molecule has 2 heterocycles. The first-order valence-electron chi connectivity index (χ1n) is 6.53. The summed E-state index contributed by atoms with van der Waals surface area (Å²) in [5.41, 5.74) is 17.3. The quantitative estimate of drug-likeness (QED) is 0.485. The van der Waals surface area contributed by atoms with Crippen LogP contribution in [-0.4, -0.2) is 22.1 Å². The fraction of sp³-hybridized carbons (Fsp3) is 0. The van der Waals surface area contributed by atoms with E-state index < -0.39 is 0 Å². The number of benzene rings is 1. The van der Waals surface area contributed by atoms with Crippen molar-refractivity contribution >= 4 is 17.6 Å². The van der Waals surface area contributed by atoms with Gasteiger partial charge in [0.25, 0.3) is 5.89 Å². The third-order valence-corrected chi connectivity index (χ3v) is 2.76. The normalized spacial score (nSPS) is 11.4. The maximum atomic E-state index is 5.56. The molecule has 0 aliphatic rings. The van der Waals surface area contributed by atoms with Crippen molar-refractivity contribution in [1.82, 2.24) is 10.2 Å². The van der Waals surface area contributed by atoms with Crippen molar-refractivity contribution in [3.8, 4) is 23.1 Å². The Morgan fingerprint density at radius 3 is 2.35 bits per heavy atom. The summed E-state index contributed by atoms with van der Waals surface area (Å²) in [6.45, 7) is 0. The Morgan fingerprint density at radius 2 is 1.70 bits per heavy atom. The molecule has 0 fully saturated rings. The first-order chi connectivity index (χ1) is 11.1. The van der Waals surface area contributed by atoms with Gasteiger partial charge in [0, 0.05) is 5.56 Å². The van der Waals surface area contributed by atoms with Crippen molar-refractivity contribution in [1.29, 1.82) is 0 Å². The first kappa shape index (κ1) is 14.3. The van der Waals surface area contributed by atoms with E-state index in [-0.39, 0.29) is 11.9 Å². The van der Waals surface area contributed by atoms with Gasteiger partial charge in [-0.2, -0.15) is 4.99 Å². The lowest BCUT2D eigenvalue weighted by molar-refractivity contribution is 0.523. The fourth-order valence-electron chi connectivity index (χ4n) is 1.81. The van der Waals surface area contributed by atoms with E-state index >= 15 is 0 Å². The zero-order chi connectivity index (χ0) is 16.2. The van der Waals surface area contributed by atoms with Crippen molar-refractivity contribution < 1.29 is 8.83 Å². The van der Waals surface area contributed by atoms with E-state index in [2.05, 4.69) is 20.2 Å². The van der Waals surface area contributed by atoms with Crippen LogP contribution in [-0.2, 0) is 0 Å². The highest BCUT2D eigenvalue weighted by molar-refractivity contribution is 5.93. The number of nitrogens with zero attached hydrogens (tertiary/aromatic N) is 4. The van der Waals surface area contributed by atoms with Gasteiger partial charge in [0.05, 0.1) is 12.0 Å². The molecular formula is C14H13N7O2. The minimum absolute atomic E-state index is 0.0318. The van der Waals surface area contributed by atoms with E-state index in [0.29, 0.717) is 23.2 Å². The number of furan rings is 1. The molecule has 3 rings (SSSR count). The van der Waals surface area contributed by atoms with E-state index in [1.807, 2.05) is 0 Å². The van der Waals surface area contributed by atoms with Gasteiger partial charge in [-0.1, -0.05) is 0 Å². The predicted octanol–water partition coefficient (Wildman–Crippen LogP) is 1.22. The van der Waals surface area contributed by atoms with Crippen LogP contribution in [0.2, 0.25) is 0 Å². The van der Waals surface area contributed by atoms with Gasteiger partial charge >= 0.3 is 0 Å². The van der Waals surface area contributed by atoms with E-state index in [9.17, 15) is 0 Å². The average molecular weight is 311 g/mol. The molecule has 6 N–H and O–H groups in total. The topological polar surface area (TPSA) is 155 Å². The maximum Gasteiger partial charge on any atom is 0.283 e. The van der Waals surface area contributed by atoms with Gasteiger partial charge in [-0.15, -0.1) is 10.2 Å². The van der Waals surface area contributed by atoms with Crippen LogP contribution in [0.5, 0.6) is 0 Å². The molecule has 3 aromatic rings. The highest BCUT2D eigenvalue weighted by Gasteiger charge is 2.12. The lowest BCUT2D eigenvalue weighted by Crippen LogP contribution is -2.26. The molecule has 0 unspecified atom stereocenters. The molecule has 0 spiro atoms. The number of aliphatic imine (C=N–C) groups is 2. The highest BCUT2D eigenvalue weighted by atomic mass is 16.4. The Kier molecular flexibility index (Phi) is 3.75. The SMILES string of the molecule is NC(N)=NC(N)=Nc1ccc(-c2nnc(-c3ccco3)o2)cc1. The molecule has 116 valence electrons. The third kappa shape index (κ3) is 3.35. The van der Waals surface area contributed by atoms with Gasteiger partial charge < -0.3 is 26.0 Å². The number of guanidine groups is 2. The predicted molar refractivity (Wildman–Crippen MR) is 84.5 cm³/mol. The van der Waals surface area contributed by atoms with E-state index in [0.717, 1.165) is 5.56 Å². The maximum absolute atomic E-state index is 5.56. The lowest BCUT2D eigenvalue weighted by Gasteiger charge is -1.98. The van der Waals surface area contributed by atoms with Crippen LogP contribution in [0.15, 0.2) is 61.5 Å². The molecule has 0 amide bonds. The van der Waals surface area contributed by atoms with E-state index in [4.69, 9.17) is 26.0 Å². The van der Waals surface area contributed by atoms with E-state index in [1.54, 1.807) is 36.4 Å². The van der Waals surface area contributed by atoms with Crippen molar-refractivity contribution in [2.75, 3.05) is 0 Å². The largest absolute Gasteiger partial charge is 0.459 e. The van der Waals surface area contributed by atoms with Crippen LogP contribution >= 0.6 is 0 Å². The Labute approximate surface area is 130 Å². The van der Waals surface area contributed by atoms with Crippen molar-refractivity contribution in [3.05, 3.63) is 42.7 Å². The van der Waals surface area contributed by atoms with Gasteiger partial charge in [0.2, 0.25) is 11.9 Å². The van der Waals surface area contributed by atoms with Gasteiger partial charge in [-0.25, -0.2) is 4.99 Å². The second-order valence-electron chi connectivity index (χ2n) is 4.44. The minimum Gasteiger partial charge on any atom is -0.459 e. The Bertz CT molecular complexity index is 844. The number of aromatic nitrogens is 2. The number of hydrogen-bond donors (Lipinski definition) is 3. The summed E-state index contributed by atoms with van der Waals surface area (Å²) in [5, 5.41) is 7.92. The summed E-state index contributed by atoms with van der Waals surface area (Å²) in [5.74, 6) is 0.998. The van der Waals surface area contributed by atoms with E-state index in [1.165, 1.54) is 6.26 Å². The molecule has 0 aliphatic heterocycles. The van der Waals surface area contributed by atoms with Crippen LogP contribution in [0.3, 0.4) is 0 Å². The monoisotopic (exact) mass is 311 g/mol. The summed E-state index contributed by atoms with van der Waals surface area (Å²) in [6, 6.07) is 10.5. The lowest BCUT2D eigenvalue weighted by atomic mass is 10.2. The zero-order valence-corrected chi connectivity index (χ0v) is 11.9. The Morgan fingerprint density at radius 1 is 0.957 bits per heavy atom. The van der Waals surface area contributed by atoms with Crippen molar-refractivity contribution in [2.45, 2.75) is 0 Å². The van der Waals surface area contributed by atoms with Gasteiger partial charge in [-0.05, 0) is 36.4 Å². The number of nitrogens with two attached hydrogens (primary N) is 3. The summed E-state index contributed by atoms with van der Waals surface area (Å²) < 4.78 is 10.8. The van der Waals surface area contributed by atoms with Crippen LogP contribution in [0, 0.1) is 0 Å². The van der Waals surface area contributed by atoms with Gasteiger partial charge in [-0.3, -0.25) is 0 Å². The molecule has 23 heavy (non-hydrogen) atoms. The molecule has 0 aliphatic carbocycles. The molecule has 9 heteroatoms. The van der Waals surface area contributed by atoms with Crippen molar-refractivity contribution in [3.63, 3.8) is 0 Å².